The van der Waals surface area contributed by atoms with E-state index in [0.717, 1.165) is 0 Å². The van der Waals surface area contributed by atoms with Gasteiger partial charge in [0.25, 0.3) is 0 Å². The van der Waals surface area contributed by atoms with Gasteiger partial charge in [0.05, 0.1) is 13.1 Å². The predicted octanol–water partition coefficient (Wildman–Crippen LogP) is -1.26. The molecule has 85 valence electrons. The summed E-state index contributed by atoms with van der Waals surface area (Å²) in [6, 6.07) is 0. The third-order valence-corrected chi connectivity index (χ3v) is 1.72. The van der Waals surface area contributed by atoms with Gasteiger partial charge in [0.1, 0.15) is 0 Å². The minimum atomic E-state index is -0.386. The summed E-state index contributed by atoms with van der Waals surface area (Å²) in [6.45, 7) is 1.60. The molecule has 0 aliphatic rings. The molecule has 2 N–H and O–H groups in total. The molecule has 0 heterocycles. The summed E-state index contributed by atoms with van der Waals surface area (Å²) in [7, 11) is 0. The number of hydrogen-bond donors (Lipinski definition) is 2. The average Bonchev–Trinajstić information content (AvgIpc) is 2.22. The minimum Gasteiger partial charge on any atom is -0.783 e. The Bertz CT molecular complexity index is 214. The summed E-state index contributed by atoms with van der Waals surface area (Å²) in [4.78, 5) is 32.4. The molecule has 0 aromatic heterocycles. The van der Waals surface area contributed by atoms with E-state index in [0.29, 0.717) is 6.42 Å². The zero-order valence-electron chi connectivity index (χ0n) is 8.41. The van der Waals surface area contributed by atoms with Crippen molar-refractivity contribution in [2.24, 2.45) is 0 Å². The van der Waals surface area contributed by atoms with Gasteiger partial charge in [-0.25, -0.2) is 0 Å². The fraction of sp³-hybridized carbons (Fsp3) is 0.625. The van der Waals surface area contributed by atoms with Gasteiger partial charge in [-0.15, -0.1) is 0 Å². The second-order valence-electron chi connectivity index (χ2n) is 2.59. The number of ketones is 1. The standard InChI is InChI=1S/C8H14N2O3S.V/c1-2-6(11)3-9-7(12)4-10-8(13)5-14;/h14H,2-5H2,1H3,(H,9,12)(H,10,13);/p-1. The van der Waals surface area contributed by atoms with E-state index < -0.39 is 0 Å². The van der Waals surface area contributed by atoms with Crippen molar-refractivity contribution in [1.29, 1.82) is 0 Å². The van der Waals surface area contributed by atoms with E-state index in [1.54, 1.807) is 6.92 Å². The van der Waals surface area contributed by atoms with E-state index in [9.17, 15) is 14.4 Å². The Kier molecular flexibility index (Phi) is 11.4. The van der Waals surface area contributed by atoms with Crippen molar-refractivity contribution in [1.82, 2.24) is 10.6 Å². The van der Waals surface area contributed by atoms with Crippen molar-refractivity contribution in [3.05, 3.63) is 0 Å². The first-order chi connectivity index (χ1) is 6.60. The zero-order valence-corrected chi connectivity index (χ0v) is 10.6. The molecule has 0 bridgehead atoms. The largest absolute Gasteiger partial charge is 0.783 e. The Morgan fingerprint density at radius 3 is 2.07 bits per heavy atom. The monoisotopic (exact) mass is 268 g/mol. The molecule has 0 atom stereocenters. The van der Waals surface area contributed by atoms with E-state index in [2.05, 4.69) is 23.3 Å². The van der Waals surface area contributed by atoms with E-state index in [4.69, 9.17) is 0 Å². The summed E-state index contributed by atoms with van der Waals surface area (Å²) in [5.41, 5.74) is 0. The van der Waals surface area contributed by atoms with E-state index in [-0.39, 0.29) is 55.0 Å². The molecule has 0 rings (SSSR count). The van der Waals surface area contributed by atoms with Crippen molar-refractivity contribution in [3.63, 3.8) is 0 Å². The van der Waals surface area contributed by atoms with Crippen molar-refractivity contribution < 1.29 is 32.9 Å². The molecule has 2 amide bonds. The molecule has 0 fully saturated rings. The number of nitrogens with one attached hydrogen (secondary N) is 2. The van der Waals surface area contributed by atoms with Crippen LogP contribution in [0.15, 0.2) is 0 Å². The number of Topliss-reactive ketones (excluding diaryl/α,β-unsaturated/α-hetero) is 1. The molecular weight excluding hydrogens is 255 g/mol. The molecule has 0 aliphatic heterocycles. The third-order valence-electron chi connectivity index (χ3n) is 1.45. The topological polar surface area (TPSA) is 75.3 Å². The normalized spacial score (nSPS) is 8.67. The van der Waals surface area contributed by atoms with E-state index in [1.165, 1.54) is 0 Å². The first-order valence-corrected chi connectivity index (χ1v) is 4.81. The SMILES string of the molecule is CCC(=O)CNC(=O)CNC(=O)C[S-].[V]. The molecule has 5 nitrogen and oxygen atoms in total. The van der Waals surface area contributed by atoms with Gasteiger partial charge in [0, 0.05) is 25.0 Å². The van der Waals surface area contributed by atoms with Crippen LogP contribution in [0.4, 0.5) is 0 Å². The van der Waals surface area contributed by atoms with Crippen molar-refractivity contribution in [3.8, 4) is 0 Å². The number of hydrogen-bond acceptors (Lipinski definition) is 4. The van der Waals surface area contributed by atoms with Crippen LogP contribution >= 0.6 is 0 Å². The minimum absolute atomic E-state index is 0. The van der Waals surface area contributed by atoms with Crippen LogP contribution in [0.25, 0.3) is 0 Å². The number of carbonyl (C=O) groups excluding carboxylic acids is 3. The third kappa shape index (κ3) is 9.84. The molecule has 0 saturated carbocycles. The van der Waals surface area contributed by atoms with Crippen LogP contribution in [0, 0.1) is 0 Å². The van der Waals surface area contributed by atoms with Crippen molar-refractivity contribution in [2.75, 3.05) is 18.8 Å². The van der Waals surface area contributed by atoms with Gasteiger partial charge in [-0.3, -0.25) is 14.4 Å². The van der Waals surface area contributed by atoms with Crippen molar-refractivity contribution >= 4 is 30.2 Å². The van der Waals surface area contributed by atoms with Crippen LogP contribution in [0.3, 0.4) is 0 Å². The number of carbonyl (C=O) groups is 3. The smallest absolute Gasteiger partial charge is 0.239 e. The first kappa shape index (κ1) is 17.0. The molecule has 7 heteroatoms. The Hall–Kier alpha value is -0.456. The molecular formula is C8H13N2O3SV-. The second-order valence-corrected chi connectivity index (χ2v) is 2.88. The summed E-state index contributed by atoms with van der Waals surface area (Å²) in [6.07, 6.45) is 0.388. The van der Waals surface area contributed by atoms with Crippen LogP contribution in [0.1, 0.15) is 13.3 Å². The van der Waals surface area contributed by atoms with Gasteiger partial charge < -0.3 is 23.3 Å². The van der Waals surface area contributed by atoms with Crippen LogP contribution in [-0.4, -0.2) is 36.4 Å². The maximum absolute atomic E-state index is 11.0. The Labute approximate surface area is 106 Å². The maximum atomic E-state index is 11.0. The van der Waals surface area contributed by atoms with Gasteiger partial charge >= 0.3 is 0 Å². The summed E-state index contributed by atoms with van der Waals surface area (Å²) >= 11 is 4.45. The molecule has 0 saturated heterocycles. The van der Waals surface area contributed by atoms with Gasteiger partial charge in [0.15, 0.2) is 11.7 Å². The average molecular weight is 268 g/mol. The van der Waals surface area contributed by atoms with Gasteiger partial charge in [0.2, 0.25) is 5.91 Å². The molecule has 0 aromatic rings. The maximum Gasteiger partial charge on any atom is 0.239 e. The van der Waals surface area contributed by atoms with Crippen LogP contribution in [-0.2, 0) is 45.6 Å². The number of amides is 2. The van der Waals surface area contributed by atoms with Gasteiger partial charge in [-0.05, 0) is 0 Å². The van der Waals surface area contributed by atoms with Crippen LogP contribution in [0.5, 0.6) is 0 Å². The fourth-order valence-electron chi connectivity index (χ4n) is 0.615. The molecule has 0 unspecified atom stereocenters. The molecule has 1 radical (unpaired) electrons. The van der Waals surface area contributed by atoms with Crippen LogP contribution < -0.4 is 10.6 Å². The fourth-order valence-corrected chi connectivity index (χ4v) is 0.717. The number of rotatable bonds is 6. The summed E-state index contributed by atoms with van der Waals surface area (Å²) < 4.78 is 0. The van der Waals surface area contributed by atoms with E-state index >= 15 is 0 Å². The summed E-state index contributed by atoms with van der Waals surface area (Å²) in [5, 5.41) is 4.68. The Morgan fingerprint density at radius 2 is 1.60 bits per heavy atom. The molecule has 0 spiro atoms. The molecule has 15 heavy (non-hydrogen) atoms. The van der Waals surface area contributed by atoms with Gasteiger partial charge in [-0.2, -0.15) is 0 Å². The summed E-state index contributed by atoms with van der Waals surface area (Å²) in [5.74, 6) is -0.866. The Balaban J connectivity index is 0. The van der Waals surface area contributed by atoms with Gasteiger partial charge in [-0.1, -0.05) is 12.7 Å². The van der Waals surface area contributed by atoms with Crippen LogP contribution in [0.2, 0.25) is 0 Å². The van der Waals surface area contributed by atoms with Crippen molar-refractivity contribution in [2.45, 2.75) is 13.3 Å². The van der Waals surface area contributed by atoms with E-state index in [1.807, 2.05) is 0 Å². The second kappa shape index (κ2) is 10.1. The predicted molar refractivity (Wildman–Crippen MR) is 53.5 cm³/mol. The first-order valence-electron chi connectivity index (χ1n) is 4.23. The molecule has 0 aliphatic carbocycles. The molecule has 0 aromatic carbocycles. The zero-order chi connectivity index (χ0) is 11.0. The quantitative estimate of drug-likeness (QED) is 0.590. The Morgan fingerprint density at radius 1 is 1.07 bits per heavy atom.